The Balaban J connectivity index is 2.65. The molecule has 0 spiro atoms. The number of nitrogens with zero attached hydrogens (tertiary/aromatic N) is 5. The van der Waals surface area contributed by atoms with Crippen molar-refractivity contribution in [2.45, 2.75) is 13.8 Å². The van der Waals surface area contributed by atoms with E-state index in [1.54, 1.807) is 7.05 Å². The van der Waals surface area contributed by atoms with Crippen LogP contribution < -0.4 is 11.1 Å². The lowest BCUT2D eigenvalue weighted by Gasteiger charge is -2.04. The maximum Gasteiger partial charge on any atom is 0.253 e. The molecule has 0 aliphatic carbocycles. The molecule has 2 aromatic heterocycles. The summed E-state index contributed by atoms with van der Waals surface area (Å²) in [5.74, 6) is 1.01. The van der Waals surface area contributed by atoms with Crippen molar-refractivity contribution in [2.75, 3.05) is 18.1 Å². The smallest absolute Gasteiger partial charge is 0.253 e. The Labute approximate surface area is 104 Å². The fraction of sp³-hybridized carbons (Fsp3) is 0.273. The first-order valence-electron chi connectivity index (χ1n) is 5.35. The Hall–Kier alpha value is -2.62. The van der Waals surface area contributed by atoms with Crippen LogP contribution in [0.2, 0.25) is 0 Å². The second kappa shape index (κ2) is 4.33. The van der Waals surface area contributed by atoms with Gasteiger partial charge in [0.2, 0.25) is 0 Å². The van der Waals surface area contributed by atoms with Crippen molar-refractivity contribution in [1.29, 1.82) is 5.26 Å². The van der Waals surface area contributed by atoms with Crippen molar-refractivity contribution in [3.05, 3.63) is 23.0 Å². The minimum Gasteiger partial charge on any atom is -0.382 e. The fourth-order valence-electron chi connectivity index (χ4n) is 1.67. The van der Waals surface area contributed by atoms with Crippen molar-refractivity contribution in [3.8, 4) is 12.0 Å². The van der Waals surface area contributed by atoms with Crippen LogP contribution in [0.15, 0.2) is 6.07 Å². The number of hydrogen-bond acceptors (Lipinski definition) is 6. The molecule has 0 bridgehead atoms. The first-order chi connectivity index (χ1) is 8.56. The van der Waals surface area contributed by atoms with Gasteiger partial charge in [0.25, 0.3) is 5.95 Å². The van der Waals surface area contributed by atoms with E-state index in [0.717, 1.165) is 11.4 Å². The first kappa shape index (κ1) is 11.9. The van der Waals surface area contributed by atoms with Crippen LogP contribution in [0.3, 0.4) is 0 Å². The summed E-state index contributed by atoms with van der Waals surface area (Å²) < 4.78 is 1.37. The number of nitrogen functional groups attached to an aromatic ring is 1. The lowest BCUT2D eigenvalue weighted by atomic mass is 10.3. The third kappa shape index (κ3) is 1.84. The van der Waals surface area contributed by atoms with Gasteiger partial charge in [-0.15, -0.1) is 5.10 Å². The topological polar surface area (TPSA) is 105 Å². The van der Waals surface area contributed by atoms with Gasteiger partial charge in [0.1, 0.15) is 11.6 Å². The molecule has 7 nitrogen and oxygen atoms in total. The summed E-state index contributed by atoms with van der Waals surface area (Å²) in [4.78, 5) is 8.52. The number of nitriles is 1. The summed E-state index contributed by atoms with van der Waals surface area (Å²) in [5.41, 5.74) is 7.81. The zero-order valence-electron chi connectivity index (χ0n) is 10.4. The number of anilines is 2. The molecular weight excluding hydrogens is 230 g/mol. The molecule has 0 radical (unpaired) electrons. The summed E-state index contributed by atoms with van der Waals surface area (Å²) in [7, 11) is 1.68. The van der Waals surface area contributed by atoms with Gasteiger partial charge in [0.05, 0.1) is 0 Å². The van der Waals surface area contributed by atoms with E-state index in [0.29, 0.717) is 17.3 Å². The van der Waals surface area contributed by atoms with E-state index in [1.807, 2.05) is 26.0 Å². The van der Waals surface area contributed by atoms with Crippen molar-refractivity contribution >= 4 is 11.6 Å². The molecule has 0 aliphatic rings. The molecule has 0 aromatic carbocycles. The quantitative estimate of drug-likeness (QED) is 0.807. The molecule has 2 heterocycles. The molecule has 2 aromatic rings. The second-order valence-corrected chi connectivity index (χ2v) is 3.83. The van der Waals surface area contributed by atoms with Gasteiger partial charge >= 0.3 is 0 Å². The molecule has 0 aliphatic heterocycles. The Bertz CT molecular complexity index is 615. The predicted octanol–water partition coefficient (Wildman–Crippen LogP) is 0.775. The lowest BCUT2D eigenvalue weighted by Crippen LogP contribution is -2.08. The van der Waals surface area contributed by atoms with E-state index in [1.165, 1.54) is 4.68 Å². The minimum atomic E-state index is 0.229. The molecule has 0 saturated carbocycles. The molecule has 92 valence electrons. The fourth-order valence-corrected chi connectivity index (χ4v) is 1.67. The molecule has 7 heteroatoms. The highest BCUT2D eigenvalue weighted by atomic mass is 15.4. The summed E-state index contributed by atoms with van der Waals surface area (Å²) in [6.45, 7) is 3.73. The Morgan fingerprint density at radius 1 is 1.33 bits per heavy atom. The van der Waals surface area contributed by atoms with E-state index in [9.17, 15) is 0 Å². The predicted molar refractivity (Wildman–Crippen MR) is 67.3 cm³/mol. The minimum absolute atomic E-state index is 0.229. The van der Waals surface area contributed by atoms with Crippen molar-refractivity contribution in [3.63, 3.8) is 0 Å². The summed E-state index contributed by atoms with van der Waals surface area (Å²) >= 11 is 0. The molecule has 0 amide bonds. The molecule has 0 fully saturated rings. The number of rotatable bonds is 2. The number of nitrogens with one attached hydrogen (secondary N) is 1. The molecule has 0 saturated heterocycles. The number of hydrogen-bond donors (Lipinski definition) is 2. The van der Waals surface area contributed by atoms with Gasteiger partial charge in [-0.25, -0.2) is 9.97 Å². The molecule has 2 rings (SSSR count). The van der Waals surface area contributed by atoms with Crippen LogP contribution in [0.5, 0.6) is 0 Å². The standard InChI is InChI=1S/C11H13N7/c1-6-4-7(2)16-11(15-6)18-9(13)8(5-12)10(14-3)17-18/h4H,13H2,1-3H3,(H,14,17). The zero-order valence-corrected chi connectivity index (χ0v) is 10.4. The van der Waals surface area contributed by atoms with E-state index in [4.69, 9.17) is 11.0 Å². The van der Waals surface area contributed by atoms with Gasteiger partial charge in [0, 0.05) is 18.4 Å². The van der Waals surface area contributed by atoms with Crippen LogP contribution >= 0.6 is 0 Å². The molecule has 0 unspecified atom stereocenters. The third-order valence-corrected chi connectivity index (χ3v) is 2.43. The van der Waals surface area contributed by atoms with Crippen molar-refractivity contribution in [2.24, 2.45) is 0 Å². The van der Waals surface area contributed by atoms with Crippen LogP contribution in [0.1, 0.15) is 17.0 Å². The van der Waals surface area contributed by atoms with Crippen LogP contribution in [0, 0.1) is 25.2 Å². The monoisotopic (exact) mass is 243 g/mol. The number of aromatic nitrogens is 4. The number of aryl methyl sites for hydroxylation is 2. The van der Waals surface area contributed by atoms with Gasteiger partial charge in [0.15, 0.2) is 11.6 Å². The third-order valence-electron chi connectivity index (χ3n) is 2.43. The van der Waals surface area contributed by atoms with Crippen LogP contribution in [-0.4, -0.2) is 26.8 Å². The molecule has 0 atom stereocenters. The molecule has 3 N–H and O–H groups in total. The van der Waals surface area contributed by atoms with Crippen molar-refractivity contribution in [1.82, 2.24) is 19.7 Å². The summed E-state index contributed by atoms with van der Waals surface area (Å²) in [5, 5.41) is 16.0. The van der Waals surface area contributed by atoms with E-state index < -0.39 is 0 Å². The molecule has 18 heavy (non-hydrogen) atoms. The zero-order chi connectivity index (χ0) is 13.3. The summed E-state index contributed by atoms with van der Waals surface area (Å²) in [6, 6.07) is 3.86. The Morgan fingerprint density at radius 2 is 1.94 bits per heavy atom. The normalized spacial score (nSPS) is 10.1. The Morgan fingerprint density at radius 3 is 2.39 bits per heavy atom. The van der Waals surface area contributed by atoms with Gasteiger partial charge in [-0.3, -0.25) is 0 Å². The van der Waals surface area contributed by atoms with Crippen LogP contribution in [0.25, 0.3) is 5.95 Å². The van der Waals surface area contributed by atoms with Crippen LogP contribution in [0.4, 0.5) is 11.6 Å². The van der Waals surface area contributed by atoms with Gasteiger partial charge < -0.3 is 11.1 Å². The van der Waals surface area contributed by atoms with E-state index in [-0.39, 0.29) is 5.82 Å². The summed E-state index contributed by atoms with van der Waals surface area (Å²) in [6.07, 6.45) is 0. The number of nitrogens with two attached hydrogens (primary N) is 1. The second-order valence-electron chi connectivity index (χ2n) is 3.83. The van der Waals surface area contributed by atoms with Gasteiger partial charge in [-0.05, 0) is 19.9 Å². The maximum absolute atomic E-state index is 9.04. The van der Waals surface area contributed by atoms with Crippen molar-refractivity contribution < 1.29 is 0 Å². The Kier molecular flexibility index (Phi) is 2.85. The van der Waals surface area contributed by atoms with E-state index >= 15 is 0 Å². The maximum atomic E-state index is 9.04. The highest BCUT2D eigenvalue weighted by Crippen LogP contribution is 2.22. The van der Waals surface area contributed by atoms with E-state index in [2.05, 4.69) is 20.4 Å². The highest BCUT2D eigenvalue weighted by Gasteiger charge is 2.17. The average Bonchev–Trinajstić information content (AvgIpc) is 2.64. The first-order valence-corrected chi connectivity index (χ1v) is 5.35. The van der Waals surface area contributed by atoms with Gasteiger partial charge in [-0.2, -0.15) is 9.94 Å². The lowest BCUT2D eigenvalue weighted by molar-refractivity contribution is 0.804. The van der Waals surface area contributed by atoms with Crippen LogP contribution in [-0.2, 0) is 0 Å². The SMILES string of the molecule is CNc1nn(-c2nc(C)cc(C)n2)c(N)c1C#N. The average molecular weight is 243 g/mol. The van der Waals surface area contributed by atoms with Gasteiger partial charge in [-0.1, -0.05) is 0 Å². The largest absolute Gasteiger partial charge is 0.382 e. The molecular formula is C11H13N7. The highest BCUT2D eigenvalue weighted by molar-refractivity contribution is 5.64.